The summed E-state index contributed by atoms with van der Waals surface area (Å²) in [6, 6.07) is 0. The second-order valence-corrected chi connectivity index (χ2v) is 5.19. The lowest BCUT2D eigenvalue weighted by molar-refractivity contribution is -0.140. The second kappa shape index (κ2) is 5.84. The number of hydrogen-bond acceptors (Lipinski definition) is 2. The minimum Gasteiger partial charge on any atom is -0.481 e. The molecule has 0 unspecified atom stereocenters. The fourth-order valence-corrected chi connectivity index (χ4v) is 2.51. The highest BCUT2D eigenvalue weighted by molar-refractivity contribution is 5.78. The van der Waals surface area contributed by atoms with E-state index in [1.54, 1.807) is 0 Å². The topological polar surface area (TPSA) is 66.4 Å². The van der Waals surface area contributed by atoms with Crippen molar-refractivity contribution >= 4 is 11.9 Å². The monoisotopic (exact) mass is 239 g/mol. The van der Waals surface area contributed by atoms with Gasteiger partial charge in [0.15, 0.2) is 0 Å². The van der Waals surface area contributed by atoms with E-state index >= 15 is 0 Å². The predicted octanol–water partition coefficient (Wildman–Crippen LogP) is 2.10. The van der Waals surface area contributed by atoms with Crippen LogP contribution in [0.5, 0.6) is 0 Å². The van der Waals surface area contributed by atoms with Crippen molar-refractivity contribution in [3.05, 3.63) is 12.2 Å². The Morgan fingerprint density at radius 1 is 1.29 bits per heavy atom. The average molecular weight is 239 g/mol. The molecule has 0 heterocycles. The first kappa shape index (κ1) is 13.7. The number of carbonyl (C=O) groups is 2. The summed E-state index contributed by atoms with van der Waals surface area (Å²) in [4.78, 5) is 22.6. The van der Waals surface area contributed by atoms with E-state index in [-0.39, 0.29) is 17.7 Å². The highest BCUT2D eigenvalue weighted by atomic mass is 16.4. The van der Waals surface area contributed by atoms with E-state index in [0.29, 0.717) is 13.0 Å². The van der Waals surface area contributed by atoms with Gasteiger partial charge in [-0.05, 0) is 25.2 Å². The van der Waals surface area contributed by atoms with Gasteiger partial charge in [0.1, 0.15) is 0 Å². The van der Waals surface area contributed by atoms with Crippen molar-refractivity contribution < 1.29 is 14.7 Å². The van der Waals surface area contributed by atoms with Gasteiger partial charge >= 0.3 is 5.97 Å². The zero-order valence-electron chi connectivity index (χ0n) is 10.4. The van der Waals surface area contributed by atoms with Gasteiger partial charge in [-0.1, -0.05) is 25.0 Å². The normalized spacial score (nSPS) is 17.7. The largest absolute Gasteiger partial charge is 0.481 e. The summed E-state index contributed by atoms with van der Waals surface area (Å²) in [6.07, 6.45) is 4.18. The van der Waals surface area contributed by atoms with Crippen LogP contribution in [0.15, 0.2) is 12.2 Å². The SMILES string of the molecule is C=C(C)CNC(=O)CC1(CC(=O)O)CCCC1. The molecule has 0 radical (unpaired) electrons. The lowest BCUT2D eigenvalue weighted by atomic mass is 9.79. The average Bonchev–Trinajstić information content (AvgIpc) is 2.62. The number of carbonyl (C=O) groups excluding carboxylic acids is 1. The molecule has 1 fully saturated rings. The number of carboxylic acid groups (broad SMARTS) is 1. The van der Waals surface area contributed by atoms with Gasteiger partial charge < -0.3 is 10.4 Å². The standard InChI is InChI=1S/C13H21NO3/c1-10(2)9-14-11(15)7-13(8-12(16)17)5-3-4-6-13/h1,3-9H2,2H3,(H,14,15)(H,16,17). The van der Waals surface area contributed by atoms with Gasteiger partial charge in [-0.15, -0.1) is 0 Å². The fraction of sp³-hybridized carbons (Fsp3) is 0.692. The summed E-state index contributed by atoms with van der Waals surface area (Å²) in [5, 5.41) is 11.7. The zero-order valence-corrected chi connectivity index (χ0v) is 10.4. The molecular formula is C13H21NO3. The van der Waals surface area contributed by atoms with Gasteiger partial charge in [-0.25, -0.2) is 0 Å². The highest BCUT2D eigenvalue weighted by Gasteiger charge is 2.37. The number of hydrogen-bond donors (Lipinski definition) is 2. The van der Waals surface area contributed by atoms with Crippen molar-refractivity contribution in [1.29, 1.82) is 0 Å². The molecule has 2 N–H and O–H groups in total. The van der Waals surface area contributed by atoms with Gasteiger partial charge in [0, 0.05) is 13.0 Å². The maximum atomic E-state index is 11.7. The maximum Gasteiger partial charge on any atom is 0.303 e. The van der Waals surface area contributed by atoms with Gasteiger partial charge in [0.05, 0.1) is 6.42 Å². The highest BCUT2D eigenvalue weighted by Crippen LogP contribution is 2.43. The van der Waals surface area contributed by atoms with E-state index in [1.807, 2.05) is 6.92 Å². The van der Waals surface area contributed by atoms with Crippen LogP contribution in [0.2, 0.25) is 0 Å². The van der Waals surface area contributed by atoms with E-state index in [4.69, 9.17) is 5.11 Å². The van der Waals surface area contributed by atoms with Crippen molar-refractivity contribution in [3.8, 4) is 0 Å². The molecule has 17 heavy (non-hydrogen) atoms. The smallest absolute Gasteiger partial charge is 0.303 e. The number of nitrogens with one attached hydrogen (secondary N) is 1. The number of rotatable bonds is 6. The van der Waals surface area contributed by atoms with Crippen molar-refractivity contribution in [2.45, 2.75) is 45.4 Å². The molecule has 4 heteroatoms. The van der Waals surface area contributed by atoms with Gasteiger partial charge in [0.2, 0.25) is 5.91 Å². The van der Waals surface area contributed by atoms with E-state index in [0.717, 1.165) is 31.3 Å². The Balaban J connectivity index is 2.51. The zero-order chi connectivity index (χ0) is 12.9. The van der Waals surface area contributed by atoms with Gasteiger partial charge in [-0.2, -0.15) is 0 Å². The molecule has 0 aromatic heterocycles. The van der Waals surface area contributed by atoms with Gasteiger partial charge in [0.25, 0.3) is 0 Å². The first-order valence-corrected chi connectivity index (χ1v) is 6.06. The maximum absolute atomic E-state index is 11.7. The van der Waals surface area contributed by atoms with Crippen LogP contribution in [-0.4, -0.2) is 23.5 Å². The number of carboxylic acids is 1. The summed E-state index contributed by atoms with van der Waals surface area (Å²) in [5.74, 6) is -0.865. The van der Waals surface area contributed by atoms with Crippen LogP contribution >= 0.6 is 0 Å². The molecule has 1 aliphatic rings. The summed E-state index contributed by atoms with van der Waals surface area (Å²) in [7, 11) is 0. The molecule has 96 valence electrons. The molecule has 0 bridgehead atoms. The van der Waals surface area contributed by atoms with E-state index in [2.05, 4.69) is 11.9 Å². The van der Waals surface area contributed by atoms with E-state index in [1.165, 1.54) is 0 Å². The molecule has 1 aliphatic carbocycles. The van der Waals surface area contributed by atoms with Crippen molar-refractivity contribution in [2.75, 3.05) is 6.54 Å². The molecule has 0 saturated heterocycles. The van der Waals surface area contributed by atoms with Crippen molar-refractivity contribution in [3.63, 3.8) is 0 Å². The summed E-state index contributed by atoms with van der Waals surface area (Å²) >= 11 is 0. The Labute approximate surface area is 102 Å². The van der Waals surface area contributed by atoms with Crippen molar-refractivity contribution in [2.24, 2.45) is 5.41 Å². The Morgan fingerprint density at radius 3 is 2.35 bits per heavy atom. The van der Waals surface area contributed by atoms with Crippen LogP contribution in [-0.2, 0) is 9.59 Å². The third kappa shape index (κ3) is 4.59. The lowest BCUT2D eigenvalue weighted by Crippen LogP contribution is -2.32. The molecule has 0 aliphatic heterocycles. The molecule has 1 rings (SSSR count). The lowest BCUT2D eigenvalue weighted by Gasteiger charge is -2.26. The first-order chi connectivity index (χ1) is 7.93. The van der Waals surface area contributed by atoms with Crippen LogP contribution in [0, 0.1) is 5.41 Å². The first-order valence-electron chi connectivity index (χ1n) is 6.06. The van der Waals surface area contributed by atoms with Crippen LogP contribution in [0.25, 0.3) is 0 Å². The molecule has 0 aromatic carbocycles. The summed E-state index contributed by atoms with van der Waals surface area (Å²) in [5.41, 5.74) is 0.586. The fourth-order valence-electron chi connectivity index (χ4n) is 2.51. The molecule has 1 amide bonds. The predicted molar refractivity (Wildman–Crippen MR) is 65.6 cm³/mol. The van der Waals surface area contributed by atoms with E-state index < -0.39 is 5.97 Å². The van der Waals surface area contributed by atoms with Crippen LogP contribution in [0.4, 0.5) is 0 Å². The van der Waals surface area contributed by atoms with E-state index in [9.17, 15) is 9.59 Å². The molecular weight excluding hydrogens is 218 g/mol. The van der Waals surface area contributed by atoms with Crippen LogP contribution in [0.3, 0.4) is 0 Å². The second-order valence-electron chi connectivity index (χ2n) is 5.19. The third-order valence-electron chi connectivity index (χ3n) is 3.31. The van der Waals surface area contributed by atoms with Crippen molar-refractivity contribution in [1.82, 2.24) is 5.32 Å². The Bertz CT molecular complexity index is 317. The van der Waals surface area contributed by atoms with Crippen LogP contribution < -0.4 is 5.32 Å². The molecule has 4 nitrogen and oxygen atoms in total. The quantitative estimate of drug-likeness (QED) is 0.697. The minimum absolute atomic E-state index is 0.0591. The Kier molecular flexibility index (Phi) is 4.73. The molecule has 0 aromatic rings. The molecule has 0 spiro atoms. The Morgan fingerprint density at radius 2 is 1.88 bits per heavy atom. The summed E-state index contributed by atoms with van der Waals surface area (Å²) < 4.78 is 0. The molecule has 0 atom stereocenters. The molecule has 1 saturated carbocycles. The van der Waals surface area contributed by atoms with Gasteiger partial charge in [-0.3, -0.25) is 9.59 Å². The Hall–Kier alpha value is -1.32. The van der Waals surface area contributed by atoms with Crippen LogP contribution in [0.1, 0.15) is 45.4 Å². The third-order valence-corrected chi connectivity index (χ3v) is 3.31. The number of aliphatic carboxylic acids is 1. The number of amides is 1. The minimum atomic E-state index is -0.806. The summed E-state index contributed by atoms with van der Waals surface area (Å²) in [6.45, 7) is 6.04.